The van der Waals surface area contributed by atoms with Crippen molar-refractivity contribution in [3.8, 4) is 0 Å². The fraction of sp³-hybridized carbons (Fsp3) is 0.385. The summed E-state index contributed by atoms with van der Waals surface area (Å²) in [5.41, 5.74) is 5.24. The first-order valence-electron chi connectivity index (χ1n) is 5.95. The van der Waals surface area contributed by atoms with Crippen molar-refractivity contribution < 1.29 is 14.0 Å². The number of nitrogens with two attached hydrogens (primary N) is 1. The van der Waals surface area contributed by atoms with Gasteiger partial charge in [-0.2, -0.15) is 0 Å². The Hall–Kier alpha value is -1.66. The largest absolute Gasteiger partial charge is 0.345 e. The lowest BCUT2D eigenvalue weighted by Crippen LogP contribution is -2.37. The normalized spacial score (nSPS) is 15.0. The van der Waals surface area contributed by atoms with Crippen LogP contribution in [0.15, 0.2) is 18.2 Å². The molecule has 110 valence electrons. The first kappa shape index (κ1) is 16.4. The molecule has 0 spiro atoms. The minimum atomic E-state index is -0.805. The van der Waals surface area contributed by atoms with E-state index in [2.05, 4.69) is 5.32 Å². The summed E-state index contributed by atoms with van der Waals surface area (Å²) in [6.07, 6.45) is 1.28. The Morgan fingerprint density at radius 1 is 1.35 bits per heavy atom. The summed E-state index contributed by atoms with van der Waals surface area (Å²) in [5, 5.41) is 2.60. The number of anilines is 1. The van der Waals surface area contributed by atoms with Gasteiger partial charge in [-0.1, -0.05) is 0 Å². The maximum Gasteiger partial charge on any atom is 0.256 e. The highest BCUT2D eigenvalue weighted by Crippen LogP contribution is 2.33. The van der Waals surface area contributed by atoms with Gasteiger partial charge in [0.1, 0.15) is 5.82 Å². The van der Waals surface area contributed by atoms with E-state index >= 15 is 0 Å². The standard InChI is InChI=1S/C13H16FN3O2.ClH/c1-17(2)11(18)9-7-8(3-4-10(9)14)16-12(19)13(15)5-6-13;/h3-4,7H,5-6,15H2,1-2H3,(H,16,19);1H. The van der Waals surface area contributed by atoms with E-state index in [9.17, 15) is 14.0 Å². The summed E-state index contributed by atoms with van der Waals surface area (Å²) in [6.45, 7) is 0. The number of halogens is 2. The number of nitrogens with one attached hydrogen (secondary N) is 1. The molecule has 20 heavy (non-hydrogen) atoms. The predicted octanol–water partition coefficient (Wildman–Crippen LogP) is 1.38. The molecule has 1 aromatic rings. The van der Waals surface area contributed by atoms with Crippen LogP contribution in [-0.2, 0) is 4.79 Å². The van der Waals surface area contributed by atoms with Gasteiger partial charge in [-0.15, -0.1) is 12.4 Å². The summed E-state index contributed by atoms with van der Waals surface area (Å²) in [5.74, 6) is -1.38. The summed E-state index contributed by atoms with van der Waals surface area (Å²) < 4.78 is 13.6. The van der Waals surface area contributed by atoms with Gasteiger partial charge in [0, 0.05) is 19.8 Å². The Bertz CT molecular complexity index is 544. The third-order valence-electron chi connectivity index (χ3n) is 3.10. The second kappa shape index (κ2) is 5.76. The van der Waals surface area contributed by atoms with Crippen molar-refractivity contribution in [2.75, 3.05) is 19.4 Å². The van der Waals surface area contributed by atoms with Gasteiger partial charge in [-0.05, 0) is 31.0 Å². The molecule has 0 bridgehead atoms. The number of benzene rings is 1. The minimum absolute atomic E-state index is 0. The van der Waals surface area contributed by atoms with Crippen LogP contribution in [0.5, 0.6) is 0 Å². The monoisotopic (exact) mass is 301 g/mol. The van der Waals surface area contributed by atoms with E-state index in [1.165, 1.54) is 31.1 Å². The zero-order valence-electron chi connectivity index (χ0n) is 11.3. The zero-order chi connectivity index (χ0) is 14.2. The second-order valence-corrected chi connectivity index (χ2v) is 5.00. The molecule has 1 fully saturated rings. The van der Waals surface area contributed by atoms with Gasteiger partial charge in [0.25, 0.3) is 5.91 Å². The van der Waals surface area contributed by atoms with Gasteiger partial charge in [0.05, 0.1) is 11.1 Å². The van der Waals surface area contributed by atoms with Crippen LogP contribution in [0, 0.1) is 5.82 Å². The van der Waals surface area contributed by atoms with Crippen LogP contribution in [0.4, 0.5) is 10.1 Å². The SMILES string of the molecule is CN(C)C(=O)c1cc(NC(=O)C2(N)CC2)ccc1F.Cl. The molecule has 0 atom stereocenters. The fourth-order valence-corrected chi connectivity index (χ4v) is 1.63. The molecule has 0 aromatic heterocycles. The van der Waals surface area contributed by atoms with E-state index in [1.54, 1.807) is 0 Å². The Labute approximate surface area is 122 Å². The van der Waals surface area contributed by atoms with Crippen LogP contribution in [-0.4, -0.2) is 36.3 Å². The molecule has 1 aliphatic rings. The molecule has 0 radical (unpaired) electrons. The van der Waals surface area contributed by atoms with Crippen molar-refractivity contribution in [1.29, 1.82) is 0 Å². The molecule has 0 heterocycles. The van der Waals surface area contributed by atoms with Gasteiger partial charge < -0.3 is 16.0 Å². The number of rotatable bonds is 3. The number of hydrogen-bond donors (Lipinski definition) is 2. The van der Waals surface area contributed by atoms with Crippen molar-refractivity contribution in [3.05, 3.63) is 29.6 Å². The van der Waals surface area contributed by atoms with Crippen LogP contribution in [0.2, 0.25) is 0 Å². The van der Waals surface area contributed by atoms with Crippen molar-refractivity contribution in [2.45, 2.75) is 18.4 Å². The molecule has 1 aromatic carbocycles. The molecule has 0 unspecified atom stereocenters. The van der Waals surface area contributed by atoms with E-state index < -0.39 is 17.3 Å². The number of carbonyl (C=O) groups is 2. The van der Waals surface area contributed by atoms with E-state index in [-0.39, 0.29) is 23.9 Å². The molecule has 0 saturated heterocycles. The Kier molecular flexibility index (Phi) is 4.73. The lowest BCUT2D eigenvalue weighted by Gasteiger charge is -2.14. The number of hydrogen-bond acceptors (Lipinski definition) is 3. The molecule has 7 heteroatoms. The summed E-state index contributed by atoms with van der Waals surface area (Å²) in [7, 11) is 3.07. The van der Waals surface area contributed by atoms with Crippen LogP contribution in [0.25, 0.3) is 0 Å². The van der Waals surface area contributed by atoms with Crippen molar-refractivity contribution in [2.24, 2.45) is 5.73 Å². The van der Waals surface area contributed by atoms with E-state index in [0.717, 1.165) is 6.07 Å². The van der Waals surface area contributed by atoms with Crippen LogP contribution in [0.3, 0.4) is 0 Å². The average molecular weight is 302 g/mol. The quantitative estimate of drug-likeness (QED) is 0.885. The third kappa shape index (κ3) is 3.26. The topological polar surface area (TPSA) is 75.4 Å². The van der Waals surface area contributed by atoms with E-state index in [1.807, 2.05) is 0 Å². The molecule has 2 rings (SSSR count). The number of carbonyl (C=O) groups excluding carboxylic acids is 2. The van der Waals surface area contributed by atoms with Crippen molar-refractivity contribution >= 4 is 29.9 Å². The second-order valence-electron chi connectivity index (χ2n) is 5.00. The lowest BCUT2D eigenvalue weighted by molar-refractivity contribution is -0.118. The Balaban J connectivity index is 0.00000200. The Morgan fingerprint density at radius 2 is 1.95 bits per heavy atom. The lowest BCUT2D eigenvalue weighted by atomic mass is 10.1. The van der Waals surface area contributed by atoms with E-state index in [0.29, 0.717) is 18.5 Å². The molecule has 0 aliphatic heterocycles. The first-order chi connectivity index (χ1) is 8.83. The summed E-state index contributed by atoms with van der Waals surface area (Å²) in [4.78, 5) is 24.8. The van der Waals surface area contributed by atoms with Crippen LogP contribution < -0.4 is 11.1 Å². The molecular formula is C13H17ClFN3O2. The van der Waals surface area contributed by atoms with Crippen molar-refractivity contribution in [3.63, 3.8) is 0 Å². The summed E-state index contributed by atoms with van der Waals surface area (Å²) >= 11 is 0. The van der Waals surface area contributed by atoms with E-state index in [4.69, 9.17) is 5.73 Å². The van der Waals surface area contributed by atoms with Gasteiger partial charge in [0.15, 0.2) is 0 Å². The minimum Gasteiger partial charge on any atom is -0.345 e. The summed E-state index contributed by atoms with van der Waals surface area (Å²) in [6, 6.07) is 3.88. The van der Waals surface area contributed by atoms with Crippen molar-refractivity contribution in [1.82, 2.24) is 4.90 Å². The van der Waals surface area contributed by atoms with Gasteiger partial charge in [0.2, 0.25) is 5.91 Å². The highest BCUT2D eigenvalue weighted by molar-refractivity contribution is 6.01. The highest BCUT2D eigenvalue weighted by atomic mass is 35.5. The van der Waals surface area contributed by atoms with Crippen LogP contribution >= 0.6 is 12.4 Å². The predicted molar refractivity (Wildman–Crippen MR) is 76.4 cm³/mol. The molecular weight excluding hydrogens is 285 g/mol. The molecule has 3 N–H and O–H groups in total. The maximum absolute atomic E-state index is 13.6. The molecule has 2 amide bonds. The van der Waals surface area contributed by atoms with Gasteiger partial charge in [-0.25, -0.2) is 4.39 Å². The molecule has 1 saturated carbocycles. The highest BCUT2D eigenvalue weighted by Gasteiger charge is 2.45. The third-order valence-corrected chi connectivity index (χ3v) is 3.10. The smallest absolute Gasteiger partial charge is 0.256 e. The van der Waals surface area contributed by atoms with Crippen LogP contribution in [0.1, 0.15) is 23.2 Å². The number of amides is 2. The molecule has 5 nitrogen and oxygen atoms in total. The fourth-order valence-electron chi connectivity index (χ4n) is 1.63. The first-order valence-corrected chi connectivity index (χ1v) is 5.95. The maximum atomic E-state index is 13.6. The zero-order valence-corrected chi connectivity index (χ0v) is 12.1. The Morgan fingerprint density at radius 3 is 2.45 bits per heavy atom. The van der Waals surface area contributed by atoms with Gasteiger partial charge in [-0.3, -0.25) is 9.59 Å². The average Bonchev–Trinajstić information content (AvgIpc) is 3.10. The van der Waals surface area contributed by atoms with Gasteiger partial charge >= 0.3 is 0 Å². The number of nitrogens with zero attached hydrogens (tertiary/aromatic N) is 1. The molecule has 1 aliphatic carbocycles.